The molecule has 2 nitrogen and oxygen atoms in total. The first-order valence-corrected chi connectivity index (χ1v) is 13.0. The average Bonchev–Trinajstić information content (AvgIpc) is 2.60. The van der Waals surface area contributed by atoms with Crippen LogP contribution >= 0.6 is 0 Å². The van der Waals surface area contributed by atoms with E-state index in [1.54, 1.807) is 0 Å². The average molecular weight is 357 g/mol. The molecular formula is C21H44O2Si. The Hall–Kier alpha value is -0.313. The van der Waals surface area contributed by atoms with Crippen molar-refractivity contribution < 1.29 is 9.22 Å². The summed E-state index contributed by atoms with van der Waals surface area (Å²) in [7, 11) is -1.19. The van der Waals surface area contributed by atoms with Crippen LogP contribution in [0.5, 0.6) is 0 Å². The van der Waals surface area contributed by atoms with Gasteiger partial charge < -0.3 is 4.43 Å². The minimum Gasteiger partial charge on any atom is -0.522 e. The van der Waals surface area contributed by atoms with E-state index >= 15 is 0 Å². The molecule has 0 saturated heterocycles. The van der Waals surface area contributed by atoms with E-state index in [4.69, 9.17) is 4.43 Å². The molecule has 0 atom stereocenters. The van der Waals surface area contributed by atoms with E-state index in [0.717, 1.165) is 18.5 Å². The molecule has 0 unspecified atom stereocenters. The molecule has 0 aliphatic rings. The van der Waals surface area contributed by atoms with E-state index in [9.17, 15) is 4.79 Å². The fraction of sp³-hybridized carbons (Fsp3) is 0.952. The van der Waals surface area contributed by atoms with E-state index < -0.39 is 9.04 Å². The maximum Gasteiger partial charge on any atom is 0.292 e. The van der Waals surface area contributed by atoms with Crippen LogP contribution in [0.3, 0.4) is 0 Å². The lowest BCUT2D eigenvalue weighted by molar-refractivity contribution is -0.134. The Labute approximate surface area is 153 Å². The lowest BCUT2D eigenvalue weighted by Gasteiger charge is -2.12. The number of hydrogen-bond donors (Lipinski definition) is 0. The SMILES string of the molecule is CCCCCCCCCCCCCCCCC(=O)O[SiH](CC)CC. The summed E-state index contributed by atoms with van der Waals surface area (Å²) < 4.78 is 5.56. The Balaban J connectivity index is 3.18. The molecule has 0 fully saturated rings. The Morgan fingerprint density at radius 1 is 0.625 bits per heavy atom. The quantitative estimate of drug-likeness (QED) is 0.192. The second-order valence-corrected chi connectivity index (χ2v) is 10.4. The zero-order valence-electron chi connectivity index (χ0n) is 16.9. The number of carbonyl (C=O) groups excluding carboxylic acids is 1. The van der Waals surface area contributed by atoms with Gasteiger partial charge in [-0.1, -0.05) is 104 Å². The standard InChI is InChI=1S/C21H44O2Si/c1-4-7-8-9-10-11-12-13-14-15-16-17-18-19-20-21(22)23-24(5-2)6-3/h24H,4-20H2,1-3H3. The van der Waals surface area contributed by atoms with E-state index in [1.165, 1.54) is 83.5 Å². The Morgan fingerprint density at radius 2 is 1.00 bits per heavy atom. The summed E-state index contributed by atoms with van der Waals surface area (Å²) in [5.41, 5.74) is 0. The number of hydrogen-bond acceptors (Lipinski definition) is 2. The molecule has 0 heterocycles. The summed E-state index contributed by atoms with van der Waals surface area (Å²) in [5, 5.41) is 0. The summed E-state index contributed by atoms with van der Waals surface area (Å²) in [4.78, 5) is 11.7. The third-order valence-electron chi connectivity index (χ3n) is 4.94. The molecule has 3 heteroatoms. The Morgan fingerprint density at radius 3 is 1.38 bits per heavy atom. The predicted octanol–water partition coefficient (Wildman–Crippen LogP) is 7.16. The van der Waals surface area contributed by atoms with Crippen molar-refractivity contribution in [2.75, 3.05) is 0 Å². The third kappa shape index (κ3) is 16.5. The summed E-state index contributed by atoms with van der Waals surface area (Å²) in [6, 6.07) is 2.14. The monoisotopic (exact) mass is 356 g/mol. The Bertz CT molecular complexity index is 265. The molecule has 0 spiro atoms. The highest BCUT2D eigenvalue weighted by Gasteiger charge is 2.11. The van der Waals surface area contributed by atoms with E-state index in [0.29, 0.717) is 6.42 Å². The summed E-state index contributed by atoms with van der Waals surface area (Å²) in [6.45, 7) is 6.56. The van der Waals surface area contributed by atoms with Gasteiger partial charge in [0.2, 0.25) is 9.04 Å². The topological polar surface area (TPSA) is 26.3 Å². The van der Waals surface area contributed by atoms with Crippen molar-refractivity contribution in [1.82, 2.24) is 0 Å². The summed E-state index contributed by atoms with van der Waals surface area (Å²) in [6.07, 6.45) is 19.6. The fourth-order valence-corrected chi connectivity index (χ4v) is 4.56. The second kappa shape index (κ2) is 19.0. The van der Waals surface area contributed by atoms with Crippen LogP contribution in [0.1, 0.15) is 117 Å². The maximum atomic E-state index is 11.7. The molecule has 0 N–H and O–H groups in total. The van der Waals surface area contributed by atoms with Crippen LogP contribution in [0.2, 0.25) is 12.1 Å². The van der Waals surface area contributed by atoms with Crippen molar-refractivity contribution in [3.8, 4) is 0 Å². The van der Waals surface area contributed by atoms with Gasteiger partial charge in [-0.05, 0) is 18.5 Å². The lowest BCUT2D eigenvalue weighted by Crippen LogP contribution is -2.20. The molecule has 0 aliphatic heterocycles. The maximum absolute atomic E-state index is 11.7. The molecule has 0 rings (SSSR count). The largest absolute Gasteiger partial charge is 0.522 e. The van der Waals surface area contributed by atoms with Crippen LogP contribution in [0.15, 0.2) is 0 Å². The highest BCUT2D eigenvalue weighted by molar-refractivity contribution is 6.53. The summed E-state index contributed by atoms with van der Waals surface area (Å²) in [5.74, 6) is 0.0642. The van der Waals surface area contributed by atoms with Crippen molar-refractivity contribution in [3.63, 3.8) is 0 Å². The van der Waals surface area contributed by atoms with Gasteiger partial charge in [0.15, 0.2) is 0 Å². The second-order valence-electron chi connectivity index (χ2n) is 7.27. The first-order valence-electron chi connectivity index (χ1n) is 10.9. The molecule has 144 valence electrons. The Kier molecular flexibility index (Phi) is 18.8. The number of carbonyl (C=O) groups is 1. The van der Waals surface area contributed by atoms with E-state index in [-0.39, 0.29) is 5.97 Å². The zero-order chi connectivity index (χ0) is 17.9. The molecule has 24 heavy (non-hydrogen) atoms. The predicted molar refractivity (Wildman–Crippen MR) is 109 cm³/mol. The molecule has 0 amide bonds. The first kappa shape index (κ1) is 23.7. The van der Waals surface area contributed by atoms with Gasteiger partial charge in [0, 0.05) is 6.42 Å². The number of unbranched alkanes of at least 4 members (excludes halogenated alkanes) is 13. The minimum atomic E-state index is -1.19. The lowest BCUT2D eigenvalue weighted by atomic mass is 10.0. The van der Waals surface area contributed by atoms with Crippen molar-refractivity contribution in [3.05, 3.63) is 0 Å². The van der Waals surface area contributed by atoms with E-state index in [1.807, 2.05) is 0 Å². The van der Waals surface area contributed by atoms with Crippen molar-refractivity contribution >= 4 is 15.0 Å². The molecule has 0 saturated carbocycles. The molecule has 0 aromatic carbocycles. The highest BCUT2D eigenvalue weighted by atomic mass is 28.3. The smallest absolute Gasteiger partial charge is 0.292 e. The molecule has 0 aromatic heterocycles. The van der Waals surface area contributed by atoms with Gasteiger partial charge in [-0.15, -0.1) is 0 Å². The van der Waals surface area contributed by atoms with Crippen LogP contribution in [0.25, 0.3) is 0 Å². The zero-order valence-corrected chi connectivity index (χ0v) is 18.1. The van der Waals surface area contributed by atoms with Crippen LogP contribution in [-0.2, 0) is 9.22 Å². The van der Waals surface area contributed by atoms with Crippen LogP contribution in [0, 0.1) is 0 Å². The fourth-order valence-electron chi connectivity index (χ4n) is 3.16. The van der Waals surface area contributed by atoms with Crippen molar-refractivity contribution in [2.24, 2.45) is 0 Å². The summed E-state index contributed by atoms with van der Waals surface area (Å²) >= 11 is 0. The van der Waals surface area contributed by atoms with Gasteiger partial charge in [0.1, 0.15) is 0 Å². The molecule has 0 aromatic rings. The van der Waals surface area contributed by atoms with Gasteiger partial charge in [-0.2, -0.15) is 0 Å². The minimum absolute atomic E-state index is 0.0642. The van der Waals surface area contributed by atoms with Crippen LogP contribution in [0.4, 0.5) is 0 Å². The van der Waals surface area contributed by atoms with Gasteiger partial charge in [0.05, 0.1) is 0 Å². The molecular weight excluding hydrogens is 312 g/mol. The molecule has 0 radical (unpaired) electrons. The molecule has 0 aliphatic carbocycles. The van der Waals surface area contributed by atoms with Crippen LogP contribution < -0.4 is 0 Å². The highest BCUT2D eigenvalue weighted by Crippen LogP contribution is 2.13. The molecule has 0 bridgehead atoms. The van der Waals surface area contributed by atoms with Crippen molar-refractivity contribution in [2.45, 2.75) is 129 Å². The van der Waals surface area contributed by atoms with E-state index in [2.05, 4.69) is 20.8 Å². The number of rotatable bonds is 18. The van der Waals surface area contributed by atoms with Crippen molar-refractivity contribution in [1.29, 1.82) is 0 Å². The normalized spacial score (nSPS) is 11.2. The van der Waals surface area contributed by atoms with Crippen LogP contribution in [-0.4, -0.2) is 15.0 Å². The van der Waals surface area contributed by atoms with Gasteiger partial charge in [-0.25, -0.2) is 0 Å². The van der Waals surface area contributed by atoms with Gasteiger partial charge >= 0.3 is 0 Å². The van der Waals surface area contributed by atoms with Gasteiger partial charge in [0.25, 0.3) is 5.97 Å². The third-order valence-corrected chi connectivity index (χ3v) is 7.36. The first-order chi connectivity index (χ1) is 11.7. The van der Waals surface area contributed by atoms with Gasteiger partial charge in [-0.3, -0.25) is 4.79 Å².